The molecule has 2 rings (SSSR count). The highest BCUT2D eigenvalue weighted by atomic mass is 16.3. The van der Waals surface area contributed by atoms with Crippen LogP contribution < -0.4 is 0 Å². The highest BCUT2D eigenvalue weighted by Crippen LogP contribution is 2.28. The lowest BCUT2D eigenvalue weighted by atomic mass is 10.0. The summed E-state index contributed by atoms with van der Waals surface area (Å²) in [4.78, 5) is 4.74. The van der Waals surface area contributed by atoms with E-state index in [0.717, 1.165) is 18.0 Å². The second-order valence-electron chi connectivity index (χ2n) is 5.59. The molecule has 0 bridgehead atoms. The third kappa shape index (κ3) is 3.03. The standard InChI is InChI=1S/C15H24N2O/c1-12(14-6-4-5-7-15(14)18)17(3)11-13-8-9-16(2)10-13/h4-7,12-13,18H,8-11H2,1-3H3. The van der Waals surface area contributed by atoms with Gasteiger partial charge < -0.3 is 10.0 Å². The summed E-state index contributed by atoms with van der Waals surface area (Å²) in [5.74, 6) is 1.16. The zero-order chi connectivity index (χ0) is 13.1. The number of likely N-dealkylation sites (tertiary alicyclic amines) is 1. The minimum atomic E-state index is 0.261. The maximum absolute atomic E-state index is 9.90. The molecule has 0 radical (unpaired) electrons. The molecule has 0 amide bonds. The molecule has 2 unspecified atom stereocenters. The fraction of sp³-hybridized carbons (Fsp3) is 0.600. The molecule has 3 nitrogen and oxygen atoms in total. The molecule has 0 aliphatic carbocycles. The first kappa shape index (κ1) is 13.4. The molecule has 1 fully saturated rings. The molecule has 1 aromatic rings. The van der Waals surface area contributed by atoms with Crippen LogP contribution in [-0.2, 0) is 0 Å². The van der Waals surface area contributed by atoms with Gasteiger partial charge in [0, 0.05) is 24.7 Å². The first-order valence-electron chi connectivity index (χ1n) is 6.74. The van der Waals surface area contributed by atoms with Crippen molar-refractivity contribution in [3.05, 3.63) is 29.8 Å². The summed E-state index contributed by atoms with van der Waals surface area (Å²) in [5, 5.41) is 9.90. The quantitative estimate of drug-likeness (QED) is 0.886. The molecule has 0 saturated carbocycles. The highest BCUT2D eigenvalue weighted by Gasteiger charge is 2.23. The zero-order valence-electron chi connectivity index (χ0n) is 11.6. The van der Waals surface area contributed by atoms with Crippen LogP contribution in [0.1, 0.15) is 24.9 Å². The van der Waals surface area contributed by atoms with E-state index in [1.165, 1.54) is 19.5 Å². The Bertz CT molecular complexity index is 394. The molecule has 0 spiro atoms. The number of phenols is 1. The van der Waals surface area contributed by atoms with E-state index < -0.39 is 0 Å². The van der Waals surface area contributed by atoms with E-state index in [1.807, 2.05) is 18.2 Å². The summed E-state index contributed by atoms with van der Waals surface area (Å²) < 4.78 is 0. The average Bonchev–Trinajstić information content (AvgIpc) is 2.74. The second kappa shape index (κ2) is 5.72. The Labute approximate surface area is 110 Å². The number of para-hydroxylation sites is 1. The third-order valence-corrected chi connectivity index (χ3v) is 4.08. The molecule has 1 aliphatic heterocycles. The van der Waals surface area contributed by atoms with Gasteiger partial charge in [-0.25, -0.2) is 0 Å². The molecule has 18 heavy (non-hydrogen) atoms. The van der Waals surface area contributed by atoms with E-state index >= 15 is 0 Å². The summed E-state index contributed by atoms with van der Waals surface area (Å²) in [7, 11) is 4.34. The predicted molar refractivity (Wildman–Crippen MR) is 74.8 cm³/mol. The third-order valence-electron chi connectivity index (χ3n) is 4.08. The van der Waals surface area contributed by atoms with Crippen molar-refractivity contribution in [1.29, 1.82) is 0 Å². The van der Waals surface area contributed by atoms with E-state index in [4.69, 9.17) is 0 Å². The number of rotatable bonds is 4. The van der Waals surface area contributed by atoms with Crippen molar-refractivity contribution in [2.45, 2.75) is 19.4 Å². The van der Waals surface area contributed by atoms with Gasteiger partial charge in [0.05, 0.1) is 0 Å². The van der Waals surface area contributed by atoms with Gasteiger partial charge in [-0.1, -0.05) is 18.2 Å². The zero-order valence-corrected chi connectivity index (χ0v) is 11.6. The van der Waals surface area contributed by atoms with Crippen LogP contribution in [0.2, 0.25) is 0 Å². The smallest absolute Gasteiger partial charge is 0.120 e. The Morgan fingerprint density at radius 1 is 1.44 bits per heavy atom. The van der Waals surface area contributed by atoms with Crippen molar-refractivity contribution in [3.63, 3.8) is 0 Å². The Balaban J connectivity index is 1.96. The lowest BCUT2D eigenvalue weighted by molar-refractivity contribution is 0.217. The van der Waals surface area contributed by atoms with Crippen molar-refractivity contribution < 1.29 is 5.11 Å². The summed E-state index contributed by atoms with van der Waals surface area (Å²) in [6.45, 7) is 5.66. The van der Waals surface area contributed by atoms with E-state index in [2.05, 4.69) is 30.8 Å². The maximum Gasteiger partial charge on any atom is 0.120 e. The molecule has 3 heteroatoms. The summed E-state index contributed by atoms with van der Waals surface area (Å²) in [6, 6.07) is 7.90. The van der Waals surface area contributed by atoms with Crippen LogP contribution in [0.4, 0.5) is 0 Å². The fourth-order valence-corrected chi connectivity index (χ4v) is 2.82. The van der Waals surface area contributed by atoms with Crippen molar-refractivity contribution in [1.82, 2.24) is 9.80 Å². The summed E-state index contributed by atoms with van der Waals surface area (Å²) in [5.41, 5.74) is 1.02. The lowest BCUT2D eigenvalue weighted by Crippen LogP contribution is -2.29. The van der Waals surface area contributed by atoms with E-state index in [-0.39, 0.29) is 6.04 Å². The van der Waals surface area contributed by atoms with Crippen molar-refractivity contribution in [3.8, 4) is 5.75 Å². The molecule has 1 aliphatic rings. The number of hydrogen-bond acceptors (Lipinski definition) is 3. The van der Waals surface area contributed by atoms with Gasteiger partial charge in [0.15, 0.2) is 0 Å². The Morgan fingerprint density at radius 3 is 2.78 bits per heavy atom. The normalized spacial score (nSPS) is 22.6. The van der Waals surface area contributed by atoms with E-state index in [1.54, 1.807) is 6.07 Å². The first-order valence-corrected chi connectivity index (χ1v) is 6.74. The molecule has 1 heterocycles. The van der Waals surface area contributed by atoms with Crippen molar-refractivity contribution in [2.75, 3.05) is 33.7 Å². The topological polar surface area (TPSA) is 26.7 Å². The summed E-state index contributed by atoms with van der Waals surface area (Å²) in [6.07, 6.45) is 1.29. The van der Waals surface area contributed by atoms with Gasteiger partial charge in [-0.05, 0) is 46.0 Å². The van der Waals surface area contributed by atoms with Crippen LogP contribution in [0.25, 0.3) is 0 Å². The second-order valence-corrected chi connectivity index (χ2v) is 5.59. The van der Waals surface area contributed by atoms with Gasteiger partial charge in [-0.3, -0.25) is 4.90 Å². The van der Waals surface area contributed by atoms with Crippen LogP contribution >= 0.6 is 0 Å². The molecular formula is C15H24N2O. The van der Waals surface area contributed by atoms with Crippen LogP contribution in [-0.4, -0.2) is 48.6 Å². The molecule has 100 valence electrons. The number of aromatic hydroxyl groups is 1. The predicted octanol–water partition coefficient (Wildman–Crippen LogP) is 2.34. The Hall–Kier alpha value is -1.06. The largest absolute Gasteiger partial charge is 0.508 e. The van der Waals surface area contributed by atoms with Crippen molar-refractivity contribution >= 4 is 0 Å². The van der Waals surface area contributed by atoms with Gasteiger partial charge >= 0.3 is 0 Å². The number of nitrogens with zero attached hydrogens (tertiary/aromatic N) is 2. The number of benzene rings is 1. The van der Waals surface area contributed by atoms with Crippen LogP contribution in [0.15, 0.2) is 24.3 Å². The highest BCUT2D eigenvalue weighted by molar-refractivity contribution is 5.34. The van der Waals surface area contributed by atoms with Gasteiger partial charge in [0.2, 0.25) is 0 Å². The minimum absolute atomic E-state index is 0.261. The molecule has 1 N–H and O–H groups in total. The Kier molecular flexibility index (Phi) is 4.25. The van der Waals surface area contributed by atoms with Crippen LogP contribution in [0.3, 0.4) is 0 Å². The first-order chi connectivity index (χ1) is 8.58. The van der Waals surface area contributed by atoms with E-state index in [9.17, 15) is 5.11 Å². The SMILES string of the molecule is CC(c1ccccc1O)N(C)CC1CCN(C)C1. The Morgan fingerprint density at radius 2 is 2.17 bits per heavy atom. The molecular weight excluding hydrogens is 224 g/mol. The summed E-state index contributed by atoms with van der Waals surface area (Å²) >= 11 is 0. The monoisotopic (exact) mass is 248 g/mol. The van der Waals surface area contributed by atoms with Gasteiger partial charge in [-0.15, -0.1) is 0 Å². The average molecular weight is 248 g/mol. The van der Waals surface area contributed by atoms with Gasteiger partial charge in [0.25, 0.3) is 0 Å². The van der Waals surface area contributed by atoms with E-state index in [0.29, 0.717) is 5.75 Å². The molecule has 0 aromatic heterocycles. The van der Waals surface area contributed by atoms with Gasteiger partial charge in [0.1, 0.15) is 5.75 Å². The molecule has 1 saturated heterocycles. The minimum Gasteiger partial charge on any atom is -0.508 e. The lowest BCUT2D eigenvalue weighted by Gasteiger charge is -2.28. The van der Waals surface area contributed by atoms with Gasteiger partial charge in [-0.2, -0.15) is 0 Å². The van der Waals surface area contributed by atoms with Crippen molar-refractivity contribution in [2.24, 2.45) is 5.92 Å². The molecule has 1 aromatic carbocycles. The fourth-order valence-electron chi connectivity index (χ4n) is 2.82. The maximum atomic E-state index is 9.90. The number of hydrogen-bond donors (Lipinski definition) is 1. The number of phenolic OH excluding ortho intramolecular Hbond substituents is 1. The molecule has 2 atom stereocenters. The van der Waals surface area contributed by atoms with Crippen LogP contribution in [0.5, 0.6) is 5.75 Å². The van der Waals surface area contributed by atoms with Crippen LogP contribution in [0, 0.1) is 5.92 Å².